The number of carbonyl (C=O) groups is 1. The predicted octanol–water partition coefficient (Wildman–Crippen LogP) is 2.17. The van der Waals surface area contributed by atoms with Crippen molar-refractivity contribution >= 4 is 11.6 Å². The van der Waals surface area contributed by atoms with Crippen molar-refractivity contribution in [2.75, 3.05) is 18.4 Å². The Morgan fingerprint density at radius 3 is 3.00 bits per heavy atom. The van der Waals surface area contributed by atoms with Crippen LogP contribution in [0.25, 0.3) is 0 Å². The van der Waals surface area contributed by atoms with Crippen LogP contribution in [-0.4, -0.2) is 25.1 Å². The highest BCUT2D eigenvalue weighted by Crippen LogP contribution is 2.39. The third kappa shape index (κ3) is 2.53. The van der Waals surface area contributed by atoms with Crippen LogP contribution < -0.4 is 15.4 Å². The van der Waals surface area contributed by atoms with E-state index >= 15 is 0 Å². The molecule has 1 atom stereocenters. The van der Waals surface area contributed by atoms with Crippen LogP contribution in [0, 0.1) is 5.41 Å². The minimum atomic E-state index is -0.432. The van der Waals surface area contributed by atoms with E-state index in [2.05, 4.69) is 17.6 Å². The minimum Gasteiger partial charge on any atom is -0.477 e. The fourth-order valence-corrected chi connectivity index (χ4v) is 2.63. The van der Waals surface area contributed by atoms with Crippen LogP contribution in [0.5, 0.6) is 5.75 Å². The molecule has 1 unspecified atom stereocenters. The molecule has 1 amide bonds. The molecule has 1 heterocycles. The van der Waals surface area contributed by atoms with Gasteiger partial charge in [-0.1, -0.05) is 25.5 Å². The van der Waals surface area contributed by atoms with E-state index in [9.17, 15) is 4.79 Å². The molecule has 0 bridgehead atoms. The standard InChI is InChI=1S/C15H20N2O2/c1-15(7-4-8-15)10-17-14(18)13-9-16-11-5-2-3-6-12(11)19-13/h2-3,5-6,13,16H,4,7-10H2,1H3,(H,17,18). The molecule has 3 rings (SSSR count). The summed E-state index contributed by atoms with van der Waals surface area (Å²) in [6.07, 6.45) is 3.26. The lowest BCUT2D eigenvalue weighted by molar-refractivity contribution is -0.128. The van der Waals surface area contributed by atoms with Crippen molar-refractivity contribution in [3.63, 3.8) is 0 Å². The van der Waals surface area contributed by atoms with Gasteiger partial charge in [-0.05, 0) is 30.4 Å². The molecule has 1 fully saturated rings. The van der Waals surface area contributed by atoms with Gasteiger partial charge in [-0.2, -0.15) is 0 Å². The highest BCUT2D eigenvalue weighted by Gasteiger charge is 2.33. The van der Waals surface area contributed by atoms with Crippen LogP contribution in [0.15, 0.2) is 24.3 Å². The number of nitrogens with one attached hydrogen (secondary N) is 2. The average molecular weight is 260 g/mol. The van der Waals surface area contributed by atoms with Gasteiger partial charge in [0.05, 0.1) is 12.2 Å². The Kier molecular flexibility index (Phi) is 3.09. The van der Waals surface area contributed by atoms with Crippen LogP contribution in [0.2, 0.25) is 0 Å². The van der Waals surface area contributed by atoms with Crippen molar-refractivity contribution in [3.8, 4) is 5.75 Å². The normalized spacial score (nSPS) is 23.3. The van der Waals surface area contributed by atoms with E-state index < -0.39 is 6.10 Å². The largest absolute Gasteiger partial charge is 0.477 e. The minimum absolute atomic E-state index is 0.0184. The highest BCUT2D eigenvalue weighted by molar-refractivity contribution is 5.83. The van der Waals surface area contributed by atoms with E-state index in [1.54, 1.807) is 0 Å². The van der Waals surface area contributed by atoms with Crippen LogP contribution >= 0.6 is 0 Å². The molecule has 19 heavy (non-hydrogen) atoms. The average Bonchev–Trinajstić information content (AvgIpc) is 2.42. The Morgan fingerprint density at radius 2 is 2.26 bits per heavy atom. The number of amides is 1. The molecule has 0 aromatic heterocycles. The van der Waals surface area contributed by atoms with Gasteiger partial charge in [-0.15, -0.1) is 0 Å². The molecular weight excluding hydrogens is 240 g/mol. The fraction of sp³-hybridized carbons (Fsp3) is 0.533. The lowest BCUT2D eigenvalue weighted by Gasteiger charge is -2.38. The first-order chi connectivity index (χ1) is 9.16. The van der Waals surface area contributed by atoms with Crippen molar-refractivity contribution in [3.05, 3.63) is 24.3 Å². The summed E-state index contributed by atoms with van der Waals surface area (Å²) >= 11 is 0. The molecule has 102 valence electrons. The maximum atomic E-state index is 12.1. The van der Waals surface area contributed by atoms with Crippen molar-refractivity contribution in [1.82, 2.24) is 5.32 Å². The number of hydrogen-bond acceptors (Lipinski definition) is 3. The molecule has 1 saturated carbocycles. The second-order valence-electron chi connectivity index (χ2n) is 5.87. The number of rotatable bonds is 3. The molecule has 1 aliphatic heterocycles. The summed E-state index contributed by atoms with van der Waals surface area (Å²) in [5, 5.41) is 6.25. The van der Waals surface area contributed by atoms with Crippen LogP contribution in [0.4, 0.5) is 5.69 Å². The zero-order valence-corrected chi connectivity index (χ0v) is 11.2. The molecule has 0 spiro atoms. The first-order valence-electron chi connectivity index (χ1n) is 6.94. The summed E-state index contributed by atoms with van der Waals surface area (Å²) in [5.41, 5.74) is 1.26. The van der Waals surface area contributed by atoms with E-state index in [1.807, 2.05) is 24.3 Å². The molecule has 4 heteroatoms. The molecule has 1 aromatic rings. The van der Waals surface area contributed by atoms with Gasteiger partial charge in [-0.3, -0.25) is 4.79 Å². The van der Waals surface area contributed by atoms with E-state index in [0.29, 0.717) is 12.0 Å². The number of anilines is 1. The van der Waals surface area contributed by atoms with Crippen molar-refractivity contribution in [1.29, 1.82) is 0 Å². The van der Waals surface area contributed by atoms with Gasteiger partial charge in [0.1, 0.15) is 5.75 Å². The smallest absolute Gasteiger partial charge is 0.262 e. The molecule has 0 radical (unpaired) electrons. The second kappa shape index (κ2) is 4.76. The van der Waals surface area contributed by atoms with Gasteiger partial charge in [0.15, 0.2) is 6.10 Å². The van der Waals surface area contributed by atoms with Crippen molar-refractivity contribution in [2.45, 2.75) is 32.3 Å². The van der Waals surface area contributed by atoms with E-state index in [0.717, 1.165) is 18.0 Å². The van der Waals surface area contributed by atoms with Crippen LogP contribution in [0.1, 0.15) is 26.2 Å². The summed E-state index contributed by atoms with van der Waals surface area (Å²) in [6, 6.07) is 7.71. The van der Waals surface area contributed by atoms with Gasteiger partial charge in [0.25, 0.3) is 5.91 Å². The Balaban J connectivity index is 1.57. The van der Waals surface area contributed by atoms with Crippen molar-refractivity contribution < 1.29 is 9.53 Å². The lowest BCUT2D eigenvalue weighted by atomic mass is 9.70. The Hall–Kier alpha value is -1.71. The summed E-state index contributed by atoms with van der Waals surface area (Å²) in [5.74, 6) is 0.735. The third-order valence-corrected chi connectivity index (χ3v) is 4.18. The molecule has 2 aliphatic rings. The second-order valence-corrected chi connectivity index (χ2v) is 5.87. The predicted molar refractivity (Wildman–Crippen MR) is 74.3 cm³/mol. The monoisotopic (exact) mass is 260 g/mol. The Bertz CT molecular complexity index is 483. The lowest BCUT2D eigenvalue weighted by Crippen LogP contribution is -2.48. The summed E-state index contributed by atoms with van der Waals surface area (Å²) in [6.45, 7) is 3.51. The summed E-state index contributed by atoms with van der Waals surface area (Å²) < 4.78 is 5.74. The Morgan fingerprint density at radius 1 is 1.47 bits per heavy atom. The third-order valence-electron chi connectivity index (χ3n) is 4.18. The van der Waals surface area contributed by atoms with Gasteiger partial charge >= 0.3 is 0 Å². The summed E-state index contributed by atoms with van der Waals surface area (Å²) in [7, 11) is 0. The number of carbonyl (C=O) groups excluding carboxylic acids is 1. The first kappa shape index (κ1) is 12.3. The summed E-state index contributed by atoms with van der Waals surface area (Å²) in [4.78, 5) is 12.1. The zero-order chi connectivity index (χ0) is 13.3. The van der Waals surface area contributed by atoms with Crippen LogP contribution in [-0.2, 0) is 4.79 Å². The molecule has 2 N–H and O–H groups in total. The quantitative estimate of drug-likeness (QED) is 0.875. The molecular formula is C15H20N2O2. The fourth-order valence-electron chi connectivity index (χ4n) is 2.63. The maximum Gasteiger partial charge on any atom is 0.262 e. The van der Waals surface area contributed by atoms with Gasteiger partial charge in [0, 0.05) is 6.54 Å². The number of para-hydroxylation sites is 2. The van der Waals surface area contributed by atoms with E-state index in [4.69, 9.17) is 4.74 Å². The van der Waals surface area contributed by atoms with E-state index in [-0.39, 0.29) is 5.91 Å². The van der Waals surface area contributed by atoms with E-state index in [1.165, 1.54) is 19.3 Å². The number of benzene rings is 1. The first-order valence-corrected chi connectivity index (χ1v) is 6.94. The molecule has 1 aliphatic carbocycles. The number of hydrogen-bond donors (Lipinski definition) is 2. The van der Waals surface area contributed by atoms with Gasteiger partial charge in [0.2, 0.25) is 0 Å². The number of fused-ring (bicyclic) bond motifs is 1. The molecule has 0 saturated heterocycles. The molecule has 1 aromatic carbocycles. The van der Waals surface area contributed by atoms with Crippen LogP contribution in [0.3, 0.4) is 0 Å². The molecule has 4 nitrogen and oxygen atoms in total. The van der Waals surface area contributed by atoms with Gasteiger partial charge < -0.3 is 15.4 Å². The number of ether oxygens (including phenoxy) is 1. The van der Waals surface area contributed by atoms with Gasteiger partial charge in [-0.25, -0.2) is 0 Å². The Labute approximate surface area is 113 Å². The zero-order valence-electron chi connectivity index (χ0n) is 11.2. The van der Waals surface area contributed by atoms with Crippen molar-refractivity contribution in [2.24, 2.45) is 5.41 Å². The highest BCUT2D eigenvalue weighted by atomic mass is 16.5. The SMILES string of the molecule is CC1(CNC(=O)C2CNc3ccccc3O2)CCC1. The topological polar surface area (TPSA) is 50.4 Å². The maximum absolute atomic E-state index is 12.1.